The molecular formula is C24H21FN2O3S. The molecule has 158 valence electrons. The van der Waals surface area contributed by atoms with Crippen molar-refractivity contribution >= 4 is 35.0 Å². The van der Waals surface area contributed by atoms with Gasteiger partial charge in [0.05, 0.1) is 12.9 Å². The van der Waals surface area contributed by atoms with E-state index in [1.54, 1.807) is 61.4 Å². The molecule has 1 N–H and O–H groups in total. The Balaban J connectivity index is 1.58. The molecule has 5 nitrogen and oxygen atoms in total. The van der Waals surface area contributed by atoms with Crippen LogP contribution in [0.2, 0.25) is 0 Å². The fraction of sp³-hybridized carbons (Fsp3) is 0.167. The van der Waals surface area contributed by atoms with Crippen LogP contribution in [0.15, 0.2) is 66.7 Å². The lowest BCUT2D eigenvalue weighted by Gasteiger charge is -2.25. The lowest BCUT2D eigenvalue weighted by molar-refractivity contribution is -0.115. The number of thioether (sulfide) groups is 1. The van der Waals surface area contributed by atoms with Crippen LogP contribution >= 0.6 is 11.8 Å². The number of nitrogens with one attached hydrogen (secondary N) is 1. The zero-order chi connectivity index (χ0) is 22.0. The Morgan fingerprint density at radius 2 is 1.94 bits per heavy atom. The summed E-state index contributed by atoms with van der Waals surface area (Å²) in [5.41, 5.74) is 2.99. The monoisotopic (exact) mass is 436 g/mol. The smallest absolute Gasteiger partial charge is 0.255 e. The Kier molecular flexibility index (Phi) is 5.95. The second kappa shape index (κ2) is 8.81. The Bertz CT molecular complexity index is 1150. The molecule has 1 atom stereocenters. The molecule has 1 saturated heterocycles. The van der Waals surface area contributed by atoms with Gasteiger partial charge in [0.15, 0.2) is 0 Å². The third-order valence-corrected chi connectivity index (χ3v) is 6.28. The topological polar surface area (TPSA) is 58.6 Å². The van der Waals surface area contributed by atoms with Crippen LogP contribution in [0.4, 0.5) is 15.8 Å². The number of hydrogen-bond acceptors (Lipinski definition) is 4. The van der Waals surface area contributed by atoms with Gasteiger partial charge in [0.2, 0.25) is 5.91 Å². The SMILES string of the molecule is COc1cccc(C(=O)Nc2cccc([C@@H]3SCC(=O)N3c3ccc(C)c(F)c3)c2)c1. The third-order valence-electron chi connectivity index (χ3n) is 5.06. The van der Waals surface area contributed by atoms with E-state index in [0.29, 0.717) is 34.0 Å². The van der Waals surface area contributed by atoms with Crippen molar-refractivity contribution in [1.82, 2.24) is 0 Å². The Morgan fingerprint density at radius 3 is 2.71 bits per heavy atom. The maximum atomic E-state index is 14.1. The zero-order valence-electron chi connectivity index (χ0n) is 17.1. The average molecular weight is 437 g/mol. The Morgan fingerprint density at radius 1 is 1.13 bits per heavy atom. The first kappa shape index (κ1) is 20.9. The second-order valence-corrected chi connectivity index (χ2v) is 8.24. The van der Waals surface area contributed by atoms with Gasteiger partial charge in [0.1, 0.15) is 16.9 Å². The number of nitrogens with zero attached hydrogens (tertiary/aromatic N) is 1. The number of carbonyl (C=O) groups is 2. The second-order valence-electron chi connectivity index (χ2n) is 7.17. The summed E-state index contributed by atoms with van der Waals surface area (Å²) in [6.45, 7) is 1.69. The summed E-state index contributed by atoms with van der Waals surface area (Å²) in [5.74, 6) is 0.219. The predicted molar refractivity (Wildman–Crippen MR) is 121 cm³/mol. The molecule has 0 bridgehead atoms. The molecule has 0 saturated carbocycles. The van der Waals surface area contributed by atoms with Crippen LogP contribution in [0.1, 0.15) is 26.9 Å². The lowest BCUT2D eigenvalue weighted by Crippen LogP contribution is -2.28. The largest absolute Gasteiger partial charge is 0.497 e. The van der Waals surface area contributed by atoms with Gasteiger partial charge in [0.25, 0.3) is 5.91 Å². The van der Waals surface area contributed by atoms with Crippen LogP contribution in [0.3, 0.4) is 0 Å². The summed E-state index contributed by atoms with van der Waals surface area (Å²) in [5, 5.41) is 2.59. The number of benzene rings is 3. The summed E-state index contributed by atoms with van der Waals surface area (Å²) in [7, 11) is 1.55. The molecule has 1 aliphatic rings. The molecule has 1 heterocycles. The van der Waals surface area contributed by atoms with Crippen molar-refractivity contribution in [2.75, 3.05) is 23.1 Å². The van der Waals surface area contributed by atoms with Gasteiger partial charge in [-0.1, -0.05) is 24.3 Å². The minimum absolute atomic E-state index is 0.0796. The van der Waals surface area contributed by atoms with E-state index in [1.807, 2.05) is 18.2 Å². The maximum absolute atomic E-state index is 14.1. The van der Waals surface area contributed by atoms with Gasteiger partial charge in [-0.2, -0.15) is 0 Å². The minimum Gasteiger partial charge on any atom is -0.497 e. The van der Waals surface area contributed by atoms with Crippen LogP contribution in [-0.2, 0) is 4.79 Å². The van der Waals surface area contributed by atoms with E-state index in [9.17, 15) is 14.0 Å². The van der Waals surface area contributed by atoms with Crippen LogP contribution in [0.25, 0.3) is 0 Å². The number of rotatable bonds is 5. The quantitative estimate of drug-likeness (QED) is 0.599. The summed E-state index contributed by atoms with van der Waals surface area (Å²) in [6, 6.07) is 19.1. The highest BCUT2D eigenvalue weighted by molar-refractivity contribution is 8.00. The molecule has 2 amide bonds. The van der Waals surface area contributed by atoms with Crippen molar-refractivity contribution in [3.63, 3.8) is 0 Å². The van der Waals surface area contributed by atoms with E-state index < -0.39 is 0 Å². The van der Waals surface area contributed by atoms with Crippen molar-refractivity contribution in [2.24, 2.45) is 0 Å². The standard InChI is InChI=1S/C24H21FN2O3S/c1-15-9-10-19(13-21(15)25)27-22(28)14-31-24(27)17-6-3-7-18(11-17)26-23(29)16-5-4-8-20(12-16)30-2/h3-13,24H,14H2,1-2H3,(H,26,29)/t24-/m0/s1. The van der Waals surface area contributed by atoms with Crippen molar-refractivity contribution in [3.05, 3.63) is 89.2 Å². The maximum Gasteiger partial charge on any atom is 0.255 e. The zero-order valence-corrected chi connectivity index (χ0v) is 17.9. The molecule has 1 aliphatic heterocycles. The summed E-state index contributed by atoms with van der Waals surface area (Å²) >= 11 is 1.47. The highest BCUT2D eigenvalue weighted by atomic mass is 32.2. The number of amides is 2. The van der Waals surface area contributed by atoms with Gasteiger partial charge in [-0.15, -0.1) is 11.8 Å². The van der Waals surface area contributed by atoms with Gasteiger partial charge in [0, 0.05) is 16.9 Å². The first-order valence-electron chi connectivity index (χ1n) is 9.71. The van der Waals surface area contributed by atoms with E-state index in [2.05, 4.69) is 5.32 Å². The molecule has 0 unspecified atom stereocenters. The molecule has 0 radical (unpaired) electrons. The first-order chi connectivity index (χ1) is 15.0. The molecule has 0 spiro atoms. The van der Waals surface area contributed by atoms with Crippen LogP contribution in [-0.4, -0.2) is 24.7 Å². The summed E-state index contributed by atoms with van der Waals surface area (Å²) in [4.78, 5) is 26.8. The van der Waals surface area contributed by atoms with Crippen LogP contribution in [0, 0.1) is 12.7 Å². The molecule has 31 heavy (non-hydrogen) atoms. The minimum atomic E-state index is -0.347. The number of carbonyl (C=O) groups excluding carboxylic acids is 2. The van der Waals surface area contributed by atoms with Gasteiger partial charge in [-0.25, -0.2) is 4.39 Å². The van der Waals surface area contributed by atoms with Crippen LogP contribution in [0.5, 0.6) is 5.75 Å². The van der Waals surface area contributed by atoms with Gasteiger partial charge in [-0.05, 0) is 60.5 Å². The fourth-order valence-electron chi connectivity index (χ4n) is 3.42. The van der Waals surface area contributed by atoms with E-state index in [0.717, 1.165) is 5.56 Å². The van der Waals surface area contributed by atoms with Gasteiger partial charge >= 0.3 is 0 Å². The van der Waals surface area contributed by atoms with E-state index in [4.69, 9.17) is 4.74 Å². The van der Waals surface area contributed by atoms with Crippen molar-refractivity contribution in [1.29, 1.82) is 0 Å². The molecule has 0 aliphatic carbocycles. The lowest BCUT2D eigenvalue weighted by atomic mass is 10.1. The molecule has 1 fully saturated rings. The van der Waals surface area contributed by atoms with Crippen molar-refractivity contribution in [3.8, 4) is 5.75 Å². The summed E-state index contributed by atoms with van der Waals surface area (Å²) in [6.07, 6.45) is 0. The number of halogens is 1. The van der Waals surface area contributed by atoms with Crippen LogP contribution < -0.4 is 15.0 Å². The number of ether oxygens (including phenoxy) is 1. The van der Waals surface area contributed by atoms with Gasteiger partial charge in [-0.3, -0.25) is 14.5 Å². The molecule has 3 aromatic carbocycles. The Hall–Kier alpha value is -3.32. The average Bonchev–Trinajstić information content (AvgIpc) is 3.17. The van der Waals surface area contributed by atoms with E-state index in [1.165, 1.54) is 17.8 Å². The number of aryl methyl sites for hydroxylation is 1. The number of hydrogen-bond donors (Lipinski definition) is 1. The van der Waals surface area contributed by atoms with Gasteiger partial charge < -0.3 is 10.1 Å². The first-order valence-corrected chi connectivity index (χ1v) is 10.8. The van der Waals surface area contributed by atoms with Crippen molar-refractivity contribution in [2.45, 2.75) is 12.3 Å². The normalized spacial score (nSPS) is 15.8. The molecule has 7 heteroatoms. The molecule has 4 rings (SSSR count). The van der Waals surface area contributed by atoms with Crippen molar-refractivity contribution < 1.29 is 18.7 Å². The third kappa shape index (κ3) is 4.41. The summed E-state index contributed by atoms with van der Waals surface area (Å²) < 4.78 is 19.3. The molecule has 3 aromatic rings. The predicted octanol–water partition coefficient (Wildman–Crippen LogP) is 5.17. The fourth-order valence-corrected chi connectivity index (χ4v) is 4.59. The number of methoxy groups -OCH3 is 1. The highest BCUT2D eigenvalue weighted by Gasteiger charge is 2.34. The van der Waals surface area contributed by atoms with E-state index >= 15 is 0 Å². The molecular weight excluding hydrogens is 415 g/mol. The highest BCUT2D eigenvalue weighted by Crippen LogP contribution is 2.42. The molecule has 0 aromatic heterocycles. The van der Waals surface area contributed by atoms with E-state index in [-0.39, 0.29) is 23.0 Å². The number of anilines is 2. The Labute approximate surface area is 184 Å².